The Bertz CT molecular complexity index is 953. The second kappa shape index (κ2) is 6.61. The van der Waals surface area contributed by atoms with Crippen molar-refractivity contribution in [2.45, 2.75) is 32.3 Å². The maximum Gasteiger partial charge on any atom is 0.338 e. The molecule has 4 rings (SSSR count). The Morgan fingerprint density at radius 1 is 1.20 bits per heavy atom. The van der Waals surface area contributed by atoms with Gasteiger partial charge in [-0.25, -0.2) is 14.8 Å². The Morgan fingerprint density at radius 2 is 1.96 bits per heavy atom. The molecular formula is C18H16ClN3O2S. The molecule has 3 aromatic rings. The highest BCUT2D eigenvalue weighted by molar-refractivity contribution is 7.19. The molecule has 0 aliphatic heterocycles. The number of thiophene rings is 1. The van der Waals surface area contributed by atoms with E-state index in [-0.39, 0.29) is 6.61 Å². The fraction of sp³-hybridized carbons (Fsp3) is 0.278. The van der Waals surface area contributed by atoms with E-state index in [9.17, 15) is 4.79 Å². The lowest BCUT2D eigenvalue weighted by molar-refractivity contribution is 0.0463. The highest BCUT2D eigenvalue weighted by Crippen LogP contribution is 2.37. The van der Waals surface area contributed by atoms with E-state index in [1.807, 2.05) is 0 Å². The number of benzene rings is 1. The molecular weight excluding hydrogens is 358 g/mol. The summed E-state index contributed by atoms with van der Waals surface area (Å²) in [4.78, 5) is 23.2. The molecule has 0 saturated heterocycles. The van der Waals surface area contributed by atoms with Crippen LogP contribution in [0.1, 0.15) is 39.5 Å². The standard InChI is InChI=1S/C18H16ClN3O2S/c19-11-7-5-10(6-8-11)18(23)24-9-14-21-16(20)15-12-3-1-2-4-13(12)25-17(15)22-14/h5-8H,1-4,9H2,(H2,20,21,22). The second-order valence-electron chi connectivity index (χ2n) is 6.00. The lowest BCUT2D eigenvalue weighted by Crippen LogP contribution is -2.08. The van der Waals surface area contributed by atoms with Gasteiger partial charge >= 0.3 is 5.97 Å². The van der Waals surface area contributed by atoms with Crippen LogP contribution in [0.5, 0.6) is 0 Å². The number of halogens is 1. The minimum Gasteiger partial charge on any atom is -0.454 e. The van der Waals surface area contributed by atoms with E-state index in [0.29, 0.717) is 22.2 Å². The number of rotatable bonds is 3. The number of nitrogens with two attached hydrogens (primary N) is 1. The van der Waals surface area contributed by atoms with Crippen molar-refractivity contribution in [1.82, 2.24) is 9.97 Å². The van der Waals surface area contributed by atoms with E-state index in [4.69, 9.17) is 22.1 Å². The van der Waals surface area contributed by atoms with Crippen LogP contribution in [0.4, 0.5) is 5.82 Å². The monoisotopic (exact) mass is 373 g/mol. The Morgan fingerprint density at radius 3 is 2.76 bits per heavy atom. The summed E-state index contributed by atoms with van der Waals surface area (Å²) in [6, 6.07) is 6.54. The van der Waals surface area contributed by atoms with Gasteiger partial charge < -0.3 is 10.5 Å². The summed E-state index contributed by atoms with van der Waals surface area (Å²) in [7, 11) is 0. The molecule has 0 bridgehead atoms. The van der Waals surface area contributed by atoms with Gasteiger partial charge in [0.05, 0.1) is 10.9 Å². The molecule has 0 saturated carbocycles. The Labute approximate surface area is 153 Å². The minimum atomic E-state index is -0.440. The predicted octanol–water partition coefficient (Wildman–Crippen LogP) is 4.16. The molecule has 2 aromatic heterocycles. The van der Waals surface area contributed by atoms with Crippen molar-refractivity contribution in [3.63, 3.8) is 0 Å². The third kappa shape index (κ3) is 3.19. The number of hydrogen-bond acceptors (Lipinski definition) is 6. The zero-order chi connectivity index (χ0) is 17.4. The summed E-state index contributed by atoms with van der Waals surface area (Å²) in [6.45, 7) is -0.00976. The average Bonchev–Trinajstić information content (AvgIpc) is 2.99. The summed E-state index contributed by atoms with van der Waals surface area (Å²) in [5, 5.41) is 1.55. The number of carbonyl (C=O) groups is 1. The normalized spacial score (nSPS) is 13.6. The molecule has 0 radical (unpaired) electrons. The number of nitrogen functional groups attached to an aromatic ring is 1. The second-order valence-corrected chi connectivity index (χ2v) is 7.52. The lowest BCUT2D eigenvalue weighted by atomic mass is 9.97. The summed E-state index contributed by atoms with van der Waals surface area (Å²) in [5.74, 6) is 0.456. The third-order valence-corrected chi connectivity index (χ3v) is 5.74. The van der Waals surface area contributed by atoms with Gasteiger partial charge in [0.1, 0.15) is 10.6 Å². The van der Waals surface area contributed by atoms with E-state index >= 15 is 0 Å². The molecule has 0 amide bonds. The van der Waals surface area contributed by atoms with Crippen molar-refractivity contribution < 1.29 is 9.53 Å². The highest BCUT2D eigenvalue weighted by atomic mass is 35.5. The van der Waals surface area contributed by atoms with Crippen LogP contribution in [-0.4, -0.2) is 15.9 Å². The maximum absolute atomic E-state index is 12.1. The molecule has 128 valence electrons. The number of hydrogen-bond donors (Lipinski definition) is 1. The molecule has 2 heterocycles. The van der Waals surface area contributed by atoms with Gasteiger partial charge in [0, 0.05) is 9.90 Å². The molecule has 1 aliphatic carbocycles. The molecule has 25 heavy (non-hydrogen) atoms. The van der Waals surface area contributed by atoms with Gasteiger partial charge in [0.25, 0.3) is 0 Å². The van der Waals surface area contributed by atoms with Crippen LogP contribution in [-0.2, 0) is 24.2 Å². The summed E-state index contributed by atoms with van der Waals surface area (Å²) >= 11 is 7.49. The number of aromatic nitrogens is 2. The van der Waals surface area contributed by atoms with Crippen LogP contribution >= 0.6 is 22.9 Å². The van der Waals surface area contributed by atoms with Gasteiger partial charge in [0.2, 0.25) is 0 Å². The van der Waals surface area contributed by atoms with Crippen molar-refractivity contribution in [3.8, 4) is 0 Å². The largest absolute Gasteiger partial charge is 0.454 e. The summed E-state index contributed by atoms with van der Waals surface area (Å²) in [6.07, 6.45) is 4.50. The number of fused-ring (bicyclic) bond motifs is 3. The van der Waals surface area contributed by atoms with Crippen molar-refractivity contribution in [2.24, 2.45) is 0 Å². The molecule has 1 aliphatic rings. The van der Waals surface area contributed by atoms with Crippen LogP contribution in [0.2, 0.25) is 5.02 Å². The smallest absolute Gasteiger partial charge is 0.338 e. The van der Waals surface area contributed by atoms with Gasteiger partial charge in [-0.15, -0.1) is 11.3 Å². The van der Waals surface area contributed by atoms with Gasteiger partial charge in [-0.1, -0.05) is 11.6 Å². The van der Waals surface area contributed by atoms with E-state index in [2.05, 4.69) is 9.97 Å². The van der Waals surface area contributed by atoms with Crippen molar-refractivity contribution in [2.75, 3.05) is 5.73 Å². The van der Waals surface area contributed by atoms with Crippen LogP contribution in [0.15, 0.2) is 24.3 Å². The number of esters is 1. The lowest BCUT2D eigenvalue weighted by Gasteiger charge is -2.10. The molecule has 0 fully saturated rings. The zero-order valence-electron chi connectivity index (χ0n) is 13.4. The van der Waals surface area contributed by atoms with E-state index in [0.717, 1.165) is 23.1 Å². The fourth-order valence-electron chi connectivity index (χ4n) is 3.10. The van der Waals surface area contributed by atoms with Crippen LogP contribution in [0, 0.1) is 0 Å². The van der Waals surface area contributed by atoms with Crippen LogP contribution in [0.3, 0.4) is 0 Å². The number of ether oxygens (including phenoxy) is 1. The van der Waals surface area contributed by atoms with Crippen LogP contribution in [0.25, 0.3) is 10.2 Å². The quantitative estimate of drug-likeness (QED) is 0.697. The van der Waals surface area contributed by atoms with E-state index < -0.39 is 5.97 Å². The van der Waals surface area contributed by atoms with Gasteiger partial charge in [0.15, 0.2) is 12.4 Å². The summed E-state index contributed by atoms with van der Waals surface area (Å²) < 4.78 is 5.30. The minimum absolute atomic E-state index is 0.00976. The molecule has 5 nitrogen and oxygen atoms in total. The van der Waals surface area contributed by atoms with Crippen molar-refractivity contribution in [1.29, 1.82) is 0 Å². The first-order valence-corrected chi connectivity index (χ1v) is 9.30. The molecule has 2 N–H and O–H groups in total. The molecule has 1 aromatic carbocycles. The first-order chi connectivity index (χ1) is 12.1. The van der Waals surface area contributed by atoms with E-state index in [1.165, 1.54) is 23.3 Å². The zero-order valence-corrected chi connectivity index (χ0v) is 15.0. The Balaban J connectivity index is 1.55. The SMILES string of the molecule is Nc1nc(COC(=O)c2ccc(Cl)cc2)nc2sc3c(c12)CCCC3. The first-order valence-electron chi connectivity index (χ1n) is 8.11. The predicted molar refractivity (Wildman–Crippen MR) is 99.0 cm³/mol. The topological polar surface area (TPSA) is 78.1 Å². The highest BCUT2D eigenvalue weighted by Gasteiger charge is 2.20. The first kappa shape index (κ1) is 16.3. The number of carbonyl (C=O) groups excluding carboxylic acids is 1. The molecule has 7 heteroatoms. The average molecular weight is 374 g/mol. The third-order valence-electron chi connectivity index (χ3n) is 4.30. The molecule has 0 spiro atoms. The fourth-order valence-corrected chi connectivity index (χ4v) is 4.51. The number of aryl methyl sites for hydroxylation is 2. The number of anilines is 1. The summed E-state index contributed by atoms with van der Waals surface area (Å²) in [5.41, 5.74) is 7.89. The molecule has 0 unspecified atom stereocenters. The van der Waals surface area contributed by atoms with Crippen LogP contribution < -0.4 is 5.73 Å². The number of nitrogens with zero attached hydrogens (tertiary/aromatic N) is 2. The maximum atomic E-state index is 12.1. The van der Waals surface area contributed by atoms with Gasteiger partial charge in [-0.2, -0.15) is 0 Å². The molecule has 0 atom stereocenters. The van der Waals surface area contributed by atoms with Gasteiger partial charge in [-0.3, -0.25) is 0 Å². The van der Waals surface area contributed by atoms with E-state index in [1.54, 1.807) is 35.6 Å². The van der Waals surface area contributed by atoms with Gasteiger partial charge in [-0.05, 0) is 55.5 Å². The Hall–Kier alpha value is -2.18. The Kier molecular flexibility index (Phi) is 4.31. The van der Waals surface area contributed by atoms with Crippen molar-refractivity contribution in [3.05, 3.63) is 51.1 Å². The van der Waals surface area contributed by atoms with Crippen molar-refractivity contribution >= 4 is 44.9 Å².